The van der Waals surface area contributed by atoms with Crippen molar-refractivity contribution in [2.24, 2.45) is 5.92 Å². The maximum atomic E-state index is 13.8. The molecule has 2 aliphatic heterocycles. The summed E-state index contributed by atoms with van der Waals surface area (Å²) in [6.07, 6.45) is 5.77. The van der Waals surface area contributed by atoms with E-state index in [1.54, 1.807) is 6.92 Å². The number of carbonyl (C=O) groups excluding carboxylic acids is 2. The molecule has 2 fully saturated rings. The minimum absolute atomic E-state index is 0.0269. The Morgan fingerprint density at radius 3 is 2.45 bits per heavy atom. The first-order chi connectivity index (χ1) is 21.1. The Hall–Kier alpha value is -2.21. The number of hydrogen-bond donors (Lipinski definition) is 2. The van der Waals surface area contributed by atoms with E-state index in [1.807, 2.05) is 35.2 Å². The number of rotatable bonds is 13. The molecule has 2 N–H and O–H groups in total. The fourth-order valence-electron chi connectivity index (χ4n) is 5.94. The summed E-state index contributed by atoms with van der Waals surface area (Å²) in [6.45, 7) is 5.26. The lowest BCUT2D eigenvalue weighted by molar-refractivity contribution is -0.134. The highest BCUT2D eigenvalue weighted by Crippen LogP contribution is 2.32. The molecule has 44 heavy (non-hydrogen) atoms. The van der Waals surface area contributed by atoms with Crippen molar-refractivity contribution in [2.45, 2.75) is 56.4 Å². The van der Waals surface area contributed by atoms with Gasteiger partial charge in [-0.15, -0.1) is 0 Å². The summed E-state index contributed by atoms with van der Waals surface area (Å²) in [5.74, 6) is -0.282. The van der Waals surface area contributed by atoms with Gasteiger partial charge in [-0.05, 0) is 94.9 Å². The lowest BCUT2D eigenvalue weighted by Crippen LogP contribution is -2.51. The van der Waals surface area contributed by atoms with Crippen molar-refractivity contribution in [3.63, 3.8) is 0 Å². The summed E-state index contributed by atoms with van der Waals surface area (Å²) in [5, 5.41) is 6.48. The van der Waals surface area contributed by atoms with Gasteiger partial charge >= 0.3 is 0 Å². The van der Waals surface area contributed by atoms with E-state index in [0.29, 0.717) is 36.0 Å². The first-order valence-corrected chi connectivity index (χ1v) is 17.7. The third kappa shape index (κ3) is 9.40. The van der Waals surface area contributed by atoms with Gasteiger partial charge in [0.15, 0.2) is 0 Å². The summed E-state index contributed by atoms with van der Waals surface area (Å²) in [5.41, 5.74) is 1.38. The molecule has 4 rings (SSSR count). The predicted octanol–water partition coefficient (Wildman–Crippen LogP) is 3.96. The molecule has 2 aromatic carbocycles. The van der Waals surface area contributed by atoms with E-state index >= 15 is 0 Å². The molecule has 1 unspecified atom stereocenters. The highest BCUT2D eigenvalue weighted by atomic mass is 35.5. The number of amides is 2. The molecule has 2 aromatic rings. The van der Waals surface area contributed by atoms with Crippen LogP contribution in [0.1, 0.15) is 43.2 Å². The van der Waals surface area contributed by atoms with Crippen molar-refractivity contribution in [3.8, 4) is 0 Å². The normalized spacial score (nSPS) is 18.3. The summed E-state index contributed by atoms with van der Waals surface area (Å²) in [7, 11) is -2.05. The highest BCUT2D eigenvalue weighted by Gasteiger charge is 2.31. The molecule has 2 saturated heterocycles. The van der Waals surface area contributed by atoms with Crippen LogP contribution in [0, 0.1) is 12.8 Å². The van der Waals surface area contributed by atoms with Crippen LogP contribution in [0.4, 0.5) is 0 Å². The first-order valence-electron chi connectivity index (χ1n) is 15.5. The Morgan fingerprint density at radius 2 is 1.75 bits per heavy atom. The van der Waals surface area contributed by atoms with Crippen LogP contribution >= 0.6 is 23.2 Å². The average Bonchev–Trinajstić information content (AvgIpc) is 3.02. The number of carbonyl (C=O) groups is 2. The van der Waals surface area contributed by atoms with Gasteiger partial charge in [0, 0.05) is 30.7 Å². The second kappa shape index (κ2) is 16.4. The molecule has 242 valence electrons. The van der Waals surface area contributed by atoms with E-state index in [1.165, 1.54) is 12.1 Å². The standard InChI is InChI=1S/C32H45Cl2N5O4S/c1-24-28(33)11-12-29(32(24)34)44(42,43)39(19-15-25-8-4-3-5-9-25)23-30(40)36-20-31(41)38(21-26-13-16-35-17-14-26)22-27-10-6-7-18-37(27)2/h3-5,8-9,11-12,26-27,35H,6-7,10,13-23H2,1-2H3,(H,36,40). The van der Waals surface area contributed by atoms with Crippen LogP contribution in [0.25, 0.3) is 0 Å². The Balaban J connectivity index is 1.46. The zero-order valence-electron chi connectivity index (χ0n) is 25.7. The van der Waals surface area contributed by atoms with Gasteiger partial charge in [0.05, 0.1) is 18.1 Å². The minimum Gasteiger partial charge on any atom is -0.346 e. The second-order valence-corrected chi connectivity index (χ2v) is 14.6. The average molecular weight is 667 g/mol. The van der Waals surface area contributed by atoms with Crippen LogP contribution in [0.5, 0.6) is 0 Å². The van der Waals surface area contributed by atoms with Gasteiger partial charge in [-0.3, -0.25) is 9.59 Å². The van der Waals surface area contributed by atoms with Crippen LogP contribution in [0.3, 0.4) is 0 Å². The number of nitrogens with one attached hydrogen (secondary N) is 2. The quantitative estimate of drug-likeness (QED) is 0.336. The van der Waals surface area contributed by atoms with Crippen molar-refractivity contribution in [3.05, 3.63) is 63.6 Å². The lowest BCUT2D eigenvalue weighted by atomic mass is 9.96. The maximum Gasteiger partial charge on any atom is 0.245 e. The van der Waals surface area contributed by atoms with Gasteiger partial charge in [-0.2, -0.15) is 4.31 Å². The first kappa shape index (κ1) is 34.7. The number of nitrogens with zero attached hydrogens (tertiary/aromatic N) is 3. The number of halogens is 2. The van der Waals surface area contributed by atoms with E-state index in [9.17, 15) is 18.0 Å². The minimum atomic E-state index is -4.16. The molecule has 0 saturated carbocycles. The second-order valence-electron chi connectivity index (χ2n) is 12.0. The van der Waals surface area contributed by atoms with E-state index in [4.69, 9.17) is 23.2 Å². The maximum absolute atomic E-state index is 13.8. The number of piperidine rings is 2. The van der Waals surface area contributed by atoms with Crippen molar-refractivity contribution >= 4 is 45.0 Å². The number of likely N-dealkylation sites (N-methyl/N-ethyl adjacent to an activating group) is 1. The van der Waals surface area contributed by atoms with Crippen LogP contribution in [-0.2, 0) is 26.0 Å². The molecule has 0 aliphatic carbocycles. The Kier molecular flexibility index (Phi) is 12.9. The third-order valence-corrected chi connectivity index (χ3v) is 11.7. The molecule has 0 spiro atoms. The van der Waals surface area contributed by atoms with Crippen LogP contribution in [0.15, 0.2) is 47.4 Å². The van der Waals surface area contributed by atoms with E-state index in [2.05, 4.69) is 22.6 Å². The largest absolute Gasteiger partial charge is 0.346 e. The van der Waals surface area contributed by atoms with Gasteiger partial charge < -0.3 is 20.4 Å². The number of sulfonamides is 1. The molecule has 2 heterocycles. The Bertz CT molecular complexity index is 1370. The van der Waals surface area contributed by atoms with Gasteiger partial charge in [0.1, 0.15) is 4.90 Å². The zero-order chi connectivity index (χ0) is 31.7. The smallest absolute Gasteiger partial charge is 0.245 e. The van der Waals surface area contributed by atoms with Gasteiger partial charge in [-0.25, -0.2) is 8.42 Å². The summed E-state index contributed by atoms with van der Waals surface area (Å²) >= 11 is 12.6. The molecule has 2 aliphatic rings. The molecule has 12 heteroatoms. The zero-order valence-corrected chi connectivity index (χ0v) is 28.1. The number of benzene rings is 2. The van der Waals surface area contributed by atoms with E-state index in [-0.39, 0.29) is 35.0 Å². The van der Waals surface area contributed by atoms with E-state index in [0.717, 1.165) is 61.6 Å². The van der Waals surface area contributed by atoms with E-state index < -0.39 is 22.5 Å². The molecule has 0 aromatic heterocycles. The summed E-state index contributed by atoms with van der Waals surface area (Å²) in [4.78, 5) is 30.9. The SMILES string of the molecule is Cc1c(Cl)ccc(S(=O)(=O)N(CCc2ccccc2)CC(=O)NCC(=O)N(CC2CCNCC2)CC2CCCCN2C)c1Cl. The molecule has 2 amide bonds. The van der Waals surface area contributed by atoms with Crippen molar-refractivity contribution in [2.75, 3.05) is 59.4 Å². The van der Waals surface area contributed by atoms with Crippen molar-refractivity contribution < 1.29 is 18.0 Å². The number of likely N-dealkylation sites (tertiary alicyclic amines) is 1. The fourth-order valence-corrected chi connectivity index (χ4v) is 8.12. The van der Waals surface area contributed by atoms with Crippen molar-refractivity contribution in [1.29, 1.82) is 0 Å². The molecule has 9 nitrogen and oxygen atoms in total. The third-order valence-electron chi connectivity index (χ3n) is 8.79. The highest BCUT2D eigenvalue weighted by molar-refractivity contribution is 7.89. The fraction of sp³-hybridized carbons (Fsp3) is 0.562. The summed E-state index contributed by atoms with van der Waals surface area (Å²) in [6, 6.07) is 12.6. The van der Waals surface area contributed by atoms with Gasteiger partial charge in [0.2, 0.25) is 21.8 Å². The van der Waals surface area contributed by atoms with Crippen LogP contribution in [-0.4, -0.2) is 99.8 Å². The van der Waals surface area contributed by atoms with Gasteiger partial charge in [0.25, 0.3) is 0 Å². The lowest BCUT2D eigenvalue weighted by Gasteiger charge is -2.38. The predicted molar refractivity (Wildman–Crippen MR) is 176 cm³/mol. The number of hydrogen-bond acceptors (Lipinski definition) is 6. The molecule has 0 bridgehead atoms. The molecule has 0 radical (unpaired) electrons. The van der Waals surface area contributed by atoms with Crippen LogP contribution < -0.4 is 10.6 Å². The summed E-state index contributed by atoms with van der Waals surface area (Å²) < 4.78 is 28.8. The Labute approximate surface area is 272 Å². The van der Waals surface area contributed by atoms with Gasteiger partial charge in [-0.1, -0.05) is 60.0 Å². The van der Waals surface area contributed by atoms with Crippen LogP contribution in [0.2, 0.25) is 10.0 Å². The monoisotopic (exact) mass is 665 g/mol. The molecular weight excluding hydrogens is 621 g/mol. The van der Waals surface area contributed by atoms with Crippen molar-refractivity contribution in [1.82, 2.24) is 24.7 Å². The Morgan fingerprint density at radius 1 is 1.02 bits per heavy atom. The molecular formula is C32H45Cl2N5O4S. The topological polar surface area (TPSA) is 102 Å². The molecule has 1 atom stereocenters.